The second-order valence-electron chi connectivity index (χ2n) is 8.40. The zero-order chi connectivity index (χ0) is 25.7. The number of anilines is 1. The zero-order valence-electron chi connectivity index (χ0n) is 20.3. The molecule has 0 saturated heterocycles. The number of benzene rings is 4. The van der Waals surface area contributed by atoms with E-state index >= 15 is 0 Å². The topological polar surface area (TPSA) is 71.3 Å². The molecule has 0 fully saturated rings. The maximum absolute atomic E-state index is 12.7. The highest BCUT2D eigenvalue weighted by atomic mass is 35.5. The van der Waals surface area contributed by atoms with Gasteiger partial charge in [-0.25, -0.2) is 0 Å². The minimum atomic E-state index is -0.509. The van der Waals surface area contributed by atoms with Crippen molar-refractivity contribution >= 4 is 40.0 Å². The predicted octanol–water partition coefficient (Wildman–Crippen LogP) is 7.24. The van der Waals surface area contributed by atoms with E-state index in [0.29, 0.717) is 34.4 Å². The van der Waals surface area contributed by atoms with E-state index in [2.05, 4.69) is 29.6 Å². The van der Waals surface area contributed by atoms with Crippen LogP contribution in [-0.2, 0) is 11.4 Å². The summed E-state index contributed by atoms with van der Waals surface area (Å²) in [5, 5.41) is 14.9. The Morgan fingerprint density at radius 1 is 1.06 bits per heavy atom. The Balaban J connectivity index is 1.59. The lowest BCUT2D eigenvalue weighted by Gasteiger charge is -2.16. The van der Waals surface area contributed by atoms with Gasteiger partial charge in [-0.15, -0.1) is 0 Å². The molecule has 180 valence electrons. The fourth-order valence-electron chi connectivity index (χ4n) is 3.98. The Morgan fingerprint density at radius 3 is 2.61 bits per heavy atom. The van der Waals surface area contributed by atoms with Crippen LogP contribution in [0.4, 0.5) is 5.69 Å². The number of carbonyl (C=O) groups excluding carboxylic acids is 1. The van der Waals surface area contributed by atoms with Gasteiger partial charge in [0.1, 0.15) is 18.2 Å². The van der Waals surface area contributed by atoms with Crippen molar-refractivity contribution in [3.63, 3.8) is 0 Å². The van der Waals surface area contributed by atoms with Crippen LogP contribution in [0.5, 0.6) is 11.5 Å². The van der Waals surface area contributed by atoms with E-state index < -0.39 is 5.91 Å². The van der Waals surface area contributed by atoms with Gasteiger partial charge in [-0.1, -0.05) is 60.1 Å². The number of hydrogen-bond donors (Lipinski definition) is 1. The lowest BCUT2D eigenvalue weighted by Crippen LogP contribution is -2.13. The van der Waals surface area contributed by atoms with Crippen LogP contribution in [0.2, 0.25) is 5.02 Å². The van der Waals surface area contributed by atoms with Gasteiger partial charge in [0.05, 0.1) is 12.1 Å². The highest BCUT2D eigenvalue weighted by Gasteiger charge is 2.16. The van der Waals surface area contributed by atoms with Crippen LogP contribution in [0.1, 0.15) is 22.3 Å². The van der Waals surface area contributed by atoms with Crippen LogP contribution in [-0.4, -0.2) is 13.0 Å². The Kier molecular flexibility index (Phi) is 7.58. The van der Waals surface area contributed by atoms with Crippen molar-refractivity contribution in [2.24, 2.45) is 0 Å². The molecule has 4 aromatic rings. The first-order chi connectivity index (χ1) is 17.4. The number of nitrogens with one attached hydrogen (secondary N) is 1. The summed E-state index contributed by atoms with van der Waals surface area (Å²) in [7, 11) is 1.52. The standard InChI is InChI=1S/C30H25ClN2O3/c1-19-7-6-9-24(13-19)33-30(34)23(17-32)14-21-15-27(31)29(28(16-21)35-3)36-18-26-20(2)11-12-22-8-4-5-10-25(22)26/h4-16H,18H2,1-3H3,(H,33,34)/b23-14+. The van der Waals surface area contributed by atoms with Crippen molar-refractivity contribution in [2.75, 3.05) is 12.4 Å². The molecule has 0 aromatic heterocycles. The summed E-state index contributed by atoms with van der Waals surface area (Å²) in [6.07, 6.45) is 1.47. The largest absolute Gasteiger partial charge is 0.493 e. The summed E-state index contributed by atoms with van der Waals surface area (Å²) in [5.41, 5.74) is 4.28. The second kappa shape index (κ2) is 11.0. The first kappa shape index (κ1) is 24.8. The molecule has 36 heavy (non-hydrogen) atoms. The molecular weight excluding hydrogens is 472 g/mol. The molecule has 4 rings (SSSR count). The highest BCUT2D eigenvalue weighted by molar-refractivity contribution is 6.32. The zero-order valence-corrected chi connectivity index (χ0v) is 21.0. The predicted molar refractivity (Wildman–Crippen MR) is 144 cm³/mol. The van der Waals surface area contributed by atoms with Crippen molar-refractivity contribution in [3.8, 4) is 17.6 Å². The molecule has 0 unspecified atom stereocenters. The van der Waals surface area contributed by atoms with Crippen molar-refractivity contribution in [2.45, 2.75) is 20.5 Å². The number of carbonyl (C=O) groups is 1. The third-order valence-electron chi connectivity index (χ3n) is 5.84. The molecule has 0 heterocycles. The number of nitriles is 1. The number of methoxy groups -OCH3 is 1. The van der Waals surface area contributed by atoms with Crippen molar-refractivity contribution in [1.29, 1.82) is 5.26 Å². The van der Waals surface area contributed by atoms with Gasteiger partial charge in [-0.2, -0.15) is 5.26 Å². The van der Waals surface area contributed by atoms with Gasteiger partial charge in [0.25, 0.3) is 5.91 Å². The van der Waals surface area contributed by atoms with Gasteiger partial charge in [-0.3, -0.25) is 4.79 Å². The van der Waals surface area contributed by atoms with Crippen molar-refractivity contribution < 1.29 is 14.3 Å². The molecule has 0 atom stereocenters. The quantitative estimate of drug-likeness (QED) is 0.216. The maximum atomic E-state index is 12.7. The lowest BCUT2D eigenvalue weighted by atomic mass is 10.0. The third-order valence-corrected chi connectivity index (χ3v) is 6.12. The van der Waals surface area contributed by atoms with E-state index in [-0.39, 0.29) is 5.57 Å². The number of halogens is 1. The minimum absolute atomic E-state index is 0.0605. The van der Waals surface area contributed by atoms with E-state index in [4.69, 9.17) is 21.1 Å². The third kappa shape index (κ3) is 5.51. The smallest absolute Gasteiger partial charge is 0.266 e. The van der Waals surface area contributed by atoms with Gasteiger partial charge in [0.2, 0.25) is 0 Å². The number of hydrogen-bond acceptors (Lipinski definition) is 4. The summed E-state index contributed by atoms with van der Waals surface area (Å²) in [6.45, 7) is 4.28. The molecule has 1 N–H and O–H groups in total. The summed E-state index contributed by atoms with van der Waals surface area (Å²) < 4.78 is 11.7. The number of rotatable bonds is 7. The van der Waals surface area contributed by atoms with Crippen LogP contribution in [0, 0.1) is 25.2 Å². The van der Waals surface area contributed by atoms with Crippen LogP contribution < -0.4 is 14.8 Å². The molecule has 4 aromatic carbocycles. The Hall–Kier alpha value is -4.27. The normalized spacial score (nSPS) is 11.1. The lowest BCUT2D eigenvalue weighted by molar-refractivity contribution is -0.112. The van der Waals surface area contributed by atoms with Crippen LogP contribution >= 0.6 is 11.6 Å². The molecule has 0 aliphatic rings. The molecule has 0 radical (unpaired) electrons. The molecule has 0 saturated carbocycles. The Labute approximate surface area is 215 Å². The number of aryl methyl sites for hydroxylation is 2. The second-order valence-corrected chi connectivity index (χ2v) is 8.81. The van der Waals surface area contributed by atoms with E-state index in [1.807, 2.05) is 50.2 Å². The Morgan fingerprint density at radius 2 is 1.86 bits per heavy atom. The van der Waals surface area contributed by atoms with E-state index in [9.17, 15) is 10.1 Å². The van der Waals surface area contributed by atoms with Crippen molar-refractivity contribution in [3.05, 3.63) is 106 Å². The number of fused-ring (bicyclic) bond motifs is 1. The van der Waals surface area contributed by atoms with Gasteiger partial charge in [-0.05, 0) is 71.7 Å². The fraction of sp³-hybridized carbons (Fsp3) is 0.133. The molecule has 1 amide bonds. The summed E-state index contributed by atoms with van der Waals surface area (Å²) in [4.78, 5) is 12.7. The number of nitrogens with zero attached hydrogens (tertiary/aromatic N) is 1. The average molecular weight is 497 g/mol. The summed E-state index contributed by atoms with van der Waals surface area (Å²) in [6, 6.07) is 25.0. The van der Waals surface area contributed by atoms with Gasteiger partial charge in [0, 0.05) is 11.3 Å². The van der Waals surface area contributed by atoms with Gasteiger partial charge >= 0.3 is 0 Å². The first-order valence-corrected chi connectivity index (χ1v) is 11.7. The maximum Gasteiger partial charge on any atom is 0.266 e. The monoisotopic (exact) mass is 496 g/mol. The highest BCUT2D eigenvalue weighted by Crippen LogP contribution is 2.38. The SMILES string of the molecule is COc1cc(/C=C(\C#N)C(=O)Nc2cccc(C)c2)cc(Cl)c1OCc1c(C)ccc2ccccc12. The molecular formula is C30H25ClN2O3. The summed E-state index contributed by atoms with van der Waals surface area (Å²) >= 11 is 6.57. The number of ether oxygens (including phenoxy) is 2. The number of amides is 1. The molecule has 0 aliphatic heterocycles. The van der Waals surface area contributed by atoms with Gasteiger partial charge < -0.3 is 14.8 Å². The van der Waals surface area contributed by atoms with E-state index in [1.165, 1.54) is 13.2 Å². The summed E-state index contributed by atoms with van der Waals surface area (Å²) in [5.74, 6) is 0.291. The Bertz CT molecular complexity index is 1520. The first-order valence-electron chi connectivity index (χ1n) is 11.4. The molecule has 0 bridgehead atoms. The van der Waals surface area contributed by atoms with Crippen LogP contribution in [0.3, 0.4) is 0 Å². The van der Waals surface area contributed by atoms with Crippen molar-refractivity contribution in [1.82, 2.24) is 0 Å². The van der Waals surface area contributed by atoms with E-state index in [0.717, 1.165) is 27.5 Å². The minimum Gasteiger partial charge on any atom is -0.493 e. The fourth-order valence-corrected chi connectivity index (χ4v) is 4.25. The van der Waals surface area contributed by atoms with Crippen LogP contribution in [0.15, 0.2) is 78.4 Å². The molecule has 0 spiro atoms. The van der Waals surface area contributed by atoms with Crippen LogP contribution in [0.25, 0.3) is 16.8 Å². The van der Waals surface area contributed by atoms with Gasteiger partial charge in [0.15, 0.2) is 11.5 Å². The molecule has 0 aliphatic carbocycles. The molecule has 6 heteroatoms. The molecule has 5 nitrogen and oxygen atoms in total. The average Bonchev–Trinajstić information content (AvgIpc) is 2.87. The van der Waals surface area contributed by atoms with E-state index in [1.54, 1.807) is 18.2 Å².